The zero-order valence-corrected chi connectivity index (χ0v) is 11.0. The van der Waals surface area contributed by atoms with E-state index in [9.17, 15) is 0 Å². The van der Waals surface area contributed by atoms with Gasteiger partial charge in [-0.15, -0.1) is 0 Å². The molecule has 2 aromatic carbocycles. The maximum absolute atomic E-state index is 5.51. The van der Waals surface area contributed by atoms with Crippen molar-refractivity contribution in [3.8, 4) is 11.1 Å². The fourth-order valence-electron chi connectivity index (χ4n) is 2.61. The average Bonchev–Trinajstić information content (AvgIpc) is 3.26. The van der Waals surface area contributed by atoms with Crippen molar-refractivity contribution in [1.82, 2.24) is 5.32 Å². The van der Waals surface area contributed by atoms with Crippen LogP contribution in [0.4, 0.5) is 0 Å². The van der Waals surface area contributed by atoms with Crippen molar-refractivity contribution in [2.24, 2.45) is 5.73 Å². The molecule has 1 aliphatic rings. The fraction of sp³-hybridized carbons (Fsp3) is 0.294. The molecule has 0 aromatic heterocycles. The highest BCUT2D eigenvalue weighted by molar-refractivity contribution is 5.63. The summed E-state index contributed by atoms with van der Waals surface area (Å²) in [6.45, 7) is 1.64. The Hall–Kier alpha value is -1.64. The summed E-state index contributed by atoms with van der Waals surface area (Å²) in [5, 5.41) is 3.48. The summed E-state index contributed by atoms with van der Waals surface area (Å²) in [5.74, 6) is 0.677. The van der Waals surface area contributed by atoms with E-state index < -0.39 is 0 Å². The van der Waals surface area contributed by atoms with Gasteiger partial charge in [-0.3, -0.25) is 0 Å². The SMILES string of the molecule is NCCN[C@@H]1C[C@H]1c1ccc(-c2ccccc2)cc1. The second-order valence-corrected chi connectivity index (χ2v) is 5.18. The van der Waals surface area contributed by atoms with Crippen LogP contribution in [0.25, 0.3) is 11.1 Å². The van der Waals surface area contributed by atoms with E-state index >= 15 is 0 Å². The number of rotatable bonds is 5. The van der Waals surface area contributed by atoms with Crippen LogP contribution >= 0.6 is 0 Å². The Balaban J connectivity index is 1.67. The van der Waals surface area contributed by atoms with Gasteiger partial charge in [0, 0.05) is 25.0 Å². The topological polar surface area (TPSA) is 38.0 Å². The summed E-state index contributed by atoms with van der Waals surface area (Å²) in [6, 6.07) is 20.1. The molecule has 0 spiro atoms. The number of nitrogens with two attached hydrogens (primary N) is 1. The quantitative estimate of drug-likeness (QED) is 0.858. The second kappa shape index (κ2) is 5.55. The van der Waals surface area contributed by atoms with Crippen LogP contribution in [0.2, 0.25) is 0 Å². The molecule has 0 unspecified atom stereocenters. The van der Waals surface area contributed by atoms with Crippen molar-refractivity contribution < 1.29 is 0 Å². The molecule has 0 aliphatic heterocycles. The van der Waals surface area contributed by atoms with Crippen molar-refractivity contribution in [3.63, 3.8) is 0 Å². The van der Waals surface area contributed by atoms with E-state index in [0.29, 0.717) is 12.0 Å². The highest BCUT2D eigenvalue weighted by Crippen LogP contribution is 2.41. The molecule has 1 saturated carbocycles. The summed E-state index contributed by atoms with van der Waals surface area (Å²) < 4.78 is 0. The van der Waals surface area contributed by atoms with E-state index in [2.05, 4.69) is 59.9 Å². The van der Waals surface area contributed by atoms with Crippen LogP contribution in [0.15, 0.2) is 54.6 Å². The minimum Gasteiger partial charge on any atom is -0.329 e. The summed E-state index contributed by atoms with van der Waals surface area (Å²) in [7, 11) is 0. The van der Waals surface area contributed by atoms with Crippen molar-refractivity contribution in [1.29, 1.82) is 0 Å². The van der Waals surface area contributed by atoms with Gasteiger partial charge in [-0.25, -0.2) is 0 Å². The van der Waals surface area contributed by atoms with Gasteiger partial charge >= 0.3 is 0 Å². The minimum absolute atomic E-state index is 0.631. The van der Waals surface area contributed by atoms with Gasteiger partial charge < -0.3 is 11.1 Å². The zero-order chi connectivity index (χ0) is 13.1. The monoisotopic (exact) mass is 252 g/mol. The summed E-state index contributed by atoms with van der Waals surface area (Å²) >= 11 is 0. The Labute approximate surface area is 114 Å². The van der Waals surface area contributed by atoms with Gasteiger partial charge in [-0.05, 0) is 23.1 Å². The van der Waals surface area contributed by atoms with Crippen LogP contribution in [0, 0.1) is 0 Å². The standard InChI is InChI=1S/C17H20N2/c18-10-11-19-17-12-16(17)15-8-6-14(7-9-15)13-4-2-1-3-5-13/h1-9,16-17,19H,10-12,18H2/t16-,17+/m0/s1. The minimum atomic E-state index is 0.631. The lowest BCUT2D eigenvalue weighted by molar-refractivity contribution is 0.676. The van der Waals surface area contributed by atoms with Crippen molar-refractivity contribution >= 4 is 0 Å². The first-order valence-electron chi connectivity index (χ1n) is 6.97. The van der Waals surface area contributed by atoms with E-state index in [1.807, 2.05) is 0 Å². The highest BCUT2D eigenvalue weighted by atomic mass is 15.0. The molecule has 2 aromatic rings. The third kappa shape index (κ3) is 2.86. The molecule has 0 radical (unpaired) electrons. The molecule has 0 bridgehead atoms. The van der Waals surface area contributed by atoms with Crippen LogP contribution in [-0.4, -0.2) is 19.1 Å². The van der Waals surface area contributed by atoms with Gasteiger partial charge in [0.2, 0.25) is 0 Å². The van der Waals surface area contributed by atoms with Gasteiger partial charge in [0.25, 0.3) is 0 Å². The highest BCUT2D eigenvalue weighted by Gasteiger charge is 2.37. The van der Waals surface area contributed by atoms with Crippen molar-refractivity contribution in [2.45, 2.75) is 18.4 Å². The molecule has 3 N–H and O–H groups in total. The number of hydrogen-bond donors (Lipinski definition) is 2. The molecular formula is C17H20N2. The first kappa shape index (κ1) is 12.4. The lowest BCUT2D eigenvalue weighted by Gasteiger charge is -2.05. The van der Waals surface area contributed by atoms with E-state index in [0.717, 1.165) is 13.1 Å². The predicted molar refractivity (Wildman–Crippen MR) is 80.1 cm³/mol. The van der Waals surface area contributed by atoms with Crippen molar-refractivity contribution in [2.75, 3.05) is 13.1 Å². The van der Waals surface area contributed by atoms with Gasteiger partial charge in [0.05, 0.1) is 0 Å². The first-order chi connectivity index (χ1) is 9.38. The molecule has 0 amide bonds. The zero-order valence-electron chi connectivity index (χ0n) is 11.0. The molecule has 3 rings (SSSR count). The van der Waals surface area contributed by atoms with Crippen LogP contribution in [-0.2, 0) is 0 Å². The summed E-state index contributed by atoms with van der Waals surface area (Å²) in [6.07, 6.45) is 1.24. The number of hydrogen-bond acceptors (Lipinski definition) is 2. The van der Waals surface area contributed by atoms with Crippen LogP contribution in [0.5, 0.6) is 0 Å². The lowest BCUT2D eigenvalue weighted by atomic mass is 10.0. The molecule has 1 aliphatic carbocycles. The van der Waals surface area contributed by atoms with Crippen LogP contribution < -0.4 is 11.1 Å². The molecule has 0 heterocycles. The fourth-order valence-corrected chi connectivity index (χ4v) is 2.61. The smallest absolute Gasteiger partial charge is 0.0143 e. The molecule has 1 fully saturated rings. The maximum atomic E-state index is 5.51. The van der Waals surface area contributed by atoms with Crippen LogP contribution in [0.1, 0.15) is 17.9 Å². The molecular weight excluding hydrogens is 232 g/mol. The normalized spacial score (nSPS) is 21.3. The molecule has 2 atom stereocenters. The van der Waals surface area contributed by atoms with Gasteiger partial charge in [-0.2, -0.15) is 0 Å². The molecule has 98 valence electrons. The van der Waals surface area contributed by atoms with E-state index in [-0.39, 0.29) is 0 Å². The Morgan fingerprint density at radius 3 is 2.32 bits per heavy atom. The molecule has 0 saturated heterocycles. The van der Waals surface area contributed by atoms with E-state index in [4.69, 9.17) is 5.73 Å². The van der Waals surface area contributed by atoms with Gasteiger partial charge in [0.1, 0.15) is 0 Å². The maximum Gasteiger partial charge on any atom is 0.0143 e. The molecule has 19 heavy (non-hydrogen) atoms. The van der Waals surface area contributed by atoms with Crippen LogP contribution in [0.3, 0.4) is 0 Å². The summed E-state index contributed by atoms with van der Waals surface area (Å²) in [4.78, 5) is 0. The first-order valence-corrected chi connectivity index (χ1v) is 6.97. The van der Waals surface area contributed by atoms with E-state index in [1.165, 1.54) is 23.1 Å². The lowest BCUT2D eigenvalue weighted by Crippen LogP contribution is -2.25. The third-order valence-electron chi connectivity index (χ3n) is 3.79. The second-order valence-electron chi connectivity index (χ2n) is 5.18. The third-order valence-corrected chi connectivity index (χ3v) is 3.79. The Kier molecular flexibility index (Phi) is 3.62. The Bertz CT molecular complexity index is 519. The Morgan fingerprint density at radius 1 is 0.947 bits per heavy atom. The molecule has 2 nitrogen and oxygen atoms in total. The Morgan fingerprint density at radius 2 is 1.63 bits per heavy atom. The predicted octanol–water partition coefficient (Wildman–Crippen LogP) is 2.76. The number of nitrogens with one attached hydrogen (secondary N) is 1. The van der Waals surface area contributed by atoms with Gasteiger partial charge in [0.15, 0.2) is 0 Å². The van der Waals surface area contributed by atoms with Gasteiger partial charge in [-0.1, -0.05) is 54.6 Å². The largest absolute Gasteiger partial charge is 0.329 e. The van der Waals surface area contributed by atoms with Crippen molar-refractivity contribution in [3.05, 3.63) is 60.2 Å². The van der Waals surface area contributed by atoms with E-state index in [1.54, 1.807) is 0 Å². The summed E-state index contributed by atoms with van der Waals surface area (Å²) in [5.41, 5.74) is 9.52. The average molecular weight is 252 g/mol. The molecule has 2 heteroatoms. The number of benzene rings is 2.